The quantitative estimate of drug-likeness (QED) is 0.819. The van der Waals surface area contributed by atoms with Crippen LogP contribution in [0.3, 0.4) is 0 Å². The van der Waals surface area contributed by atoms with Gasteiger partial charge in [0.2, 0.25) is 15.9 Å². The number of hydrogen-bond donors (Lipinski definition) is 1. The molecule has 0 aromatic heterocycles. The standard InChI is InChI=1S/C18H21FN2O3S/c1-14-6-3-4-9-17(14)21(25(2,23)24)13-18(22)20-11-10-15-7-5-8-16(19)12-15/h3-9,12H,10-11,13H2,1-2H3,(H,20,22). The number of hydrogen-bond acceptors (Lipinski definition) is 3. The minimum absolute atomic E-state index is 0.299. The van der Waals surface area contributed by atoms with Gasteiger partial charge in [0.05, 0.1) is 11.9 Å². The number of benzene rings is 2. The van der Waals surface area contributed by atoms with Crippen LogP contribution in [0.1, 0.15) is 11.1 Å². The maximum absolute atomic E-state index is 13.1. The zero-order valence-electron chi connectivity index (χ0n) is 14.2. The maximum Gasteiger partial charge on any atom is 0.240 e. The number of nitrogens with zero attached hydrogens (tertiary/aromatic N) is 1. The van der Waals surface area contributed by atoms with Crippen molar-refractivity contribution in [1.29, 1.82) is 0 Å². The van der Waals surface area contributed by atoms with Crippen molar-refractivity contribution in [1.82, 2.24) is 5.32 Å². The molecule has 0 radical (unpaired) electrons. The Bertz CT molecular complexity index is 853. The van der Waals surface area contributed by atoms with Crippen LogP contribution in [0.25, 0.3) is 0 Å². The Balaban J connectivity index is 2.00. The van der Waals surface area contributed by atoms with Crippen molar-refractivity contribution in [3.63, 3.8) is 0 Å². The monoisotopic (exact) mass is 364 g/mol. The fraction of sp³-hybridized carbons (Fsp3) is 0.278. The summed E-state index contributed by atoms with van der Waals surface area (Å²) in [6, 6.07) is 13.1. The van der Waals surface area contributed by atoms with Gasteiger partial charge in [0, 0.05) is 6.54 Å². The Hall–Kier alpha value is -2.41. The zero-order valence-corrected chi connectivity index (χ0v) is 15.0. The van der Waals surface area contributed by atoms with E-state index in [-0.39, 0.29) is 12.4 Å². The normalized spacial score (nSPS) is 11.2. The van der Waals surface area contributed by atoms with Gasteiger partial charge >= 0.3 is 0 Å². The molecule has 7 heteroatoms. The minimum atomic E-state index is -3.60. The van der Waals surface area contributed by atoms with Crippen molar-refractivity contribution in [3.05, 3.63) is 65.5 Å². The van der Waals surface area contributed by atoms with E-state index in [1.165, 1.54) is 12.1 Å². The molecular weight excluding hydrogens is 343 g/mol. The fourth-order valence-electron chi connectivity index (χ4n) is 2.45. The Morgan fingerprint density at radius 3 is 2.52 bits per heavy atom. The predicted molar refractivity (Wildman–Crippen MR) is 96.5 cm³/mol. The van der Waals surface area contributed by atoms with Gasteiger partial charge in [0.1, 0.15) is 12.4 Å². The largest absolute Gasteiger partial charge is 0.354 e. The van der Waals surface area contributed by atoms with Crippen molar-refractivity contribution in [3.8, 4) is 0 Å². The molecule has 0 heterocycles. The molecule has 25 heavy (non-hydrogen) atoms. The van der Waals surface area contributed by atoms with E-state index in [1.54, 1.807) is 43.3 Å². The topological polar surface area (TPSA) is 66.5 Å². The first-order chi connectivity index (χ1) is 11.8. The number of carbonyl (C=O) groups excluding carboxylic acids is 1. The van der Waals surface area contributed by atoms with Crippen LogP contribution in [-0.4, -0.2) is 33.7 Å². The summed E-state index contributed by atoms with van der Waals surface area (Å²) in [5.74, 6) is -0.739. The Morgan fingerprint density at radius 1 is 1.16 bits per heavy atom. The molecule has 2 aromatic rings. The number of halogens is 1. The molecule has 0 atom stereocenters. The number of nitrogens with one attached hydrogen (secondary N) is 1. The molecule has 1 N–H and O–H groups in total. The van der Waals surface area contributed by atoms with Gasteiger partial charge in [0.15, 0.2) is 0 Å². The van der Waals surface area contributed by atoms with E-state index in [4.69, 9.17) is 0 Å². The highest BCUT2D eigenvalue weighted by molar-refractivity contribution is 7.92. The summed E-state index contributed by atoms with van der Waals surface area (Å²) in [7, 11) is -3.60. The summed E-state index contributed by atoms with van der Waals surface area (Å²) >= 11 is 0. The third-order valence-electron chi connectivity index (χ3n) is 3.70. The maximum atomic E-state index is 13.1. The highest BCUT2D eigenvalue weighted by Gasteiger charge is 2.21. The smallest absolute Gasteiger partial charge is 0.240 e. The summed E-state index contributed by atoms with van der Waals surface area (Å²) in [6.45, 7) is 1.79. The summed E-state index contributed by atoms with van der Waals surface area (Å²) in [5.41, 5.74) is 2.00. The lowest BCUT2D eigenvalue weighted by atomic mass is 10.1. The fourth-order valence-corrected chi connectivity index (χ4v) is 3.36. The molecular formula is C18H21FN2O3S. The number of para-hydroxylation sites is 1. The molecule has 0 saturated carbocycles. The van der Waals surface area contributed by atoms with Crippen LogP contribution < -0.4 is 9.62 Å². The third-order valence-corrected chi connectivity index (χ3v) is 4.82. The van der Waals surface area contributed by atoms with Crippen molar-refractivity contribution >= 4 is 21.6 Å². The van der Waals surface area contributed by atoms with E-state index in [2.05, 4.69) is 5.32 Å². The molecule has 134 valence electrons. The van der Waals surface area contributed by atoms with E-state index in [0.717, 1.165) is 21.7 Å². The zero-order chi connectivity index (χ0) is 18.4. The van der Waals surface area contributed by atoms with E-state index in [9.17, 15) is 17.6 Å². The van der Waals surface area contributed by atoms with Gasteiger partial charge in [-0.2, -0.15) is 0 Å². The van der Waals surface area contributed by atoms with Crippen molar-refractivity contribution in [2.75, 3.05) is 23.7 Å². The summed E-state index contributed by atoms with van der Waals surface area (Å²) in [5, 5.41) is 2.67. The molecule has 2 rings (SSSR count). The second kappa shape index (κ2) is 8.11. The van der Waals surface area contributed by atoms with Crippen molar-refractivity contribution in [2.45, 2.75) is 13.3 Å². The highest BCUT2D eigenvalue weighted by Crippen LogP contribution is 2.21. The van der Waals surface area contributed by atoms with Gasteiger partial charge < -0.3 is 5.32 Å². The van der Waals surface area contributed by atoms with E-state index in [1.807, 2.05) is 0 Å². The van der Waals surface area contributed by atoms with Crippen LogP contribution in [0, 0.1) is 12.7 Å². The Kier molecular flexibility index (Phi) is 6.14. The first-order valence-corrected chi connectivity index (χ1v) is 9.66. The molecule has 0 aliphatic heterocycles. The van der Waals surface area contributed by atoms with Gasteiger partial charge in [0.25, 0.3) is 0 Å². The van der Waals surface area contributed by atoms with Crippen LogP contribution in [-0.2, 0) is 21.2 Å². The summed E-state index contributed by atoms with van der Waals surface area (Å²) in [6.07, 6.45) is 1.53. The van der Waals surface area contributed by atoms with Gasteiger partial charge in [-0.3, -0.25) is 9.10 Å². The molecule has 0 unspecified atom stereocenters. The molecule has 1 amide bonds. The summed E-state index contributed by atoms with van der Waals surface area (Å²) in [4.78, 5) is 12.2. The molecule has 5 nitrogen and oxygen atoms in total. The number of aryl methyl sites for hydroxylation is 1. The lowest BCUT2D eigenvalue weighted by Crippen LogP contribution is -2.41. The number of amides is 1. The number of anilines is 1. The molecule has 2 aromatic carbocycles. The van der Waals surface area contributed by atoms with E-state index >= 15 is 0 Å². The molecule has 0 fully saturated rings. The Labute approximate surface area is 147 Å². The highest BCUT2D eigenvalue weighted by atomic mass is 32.2. The van der Waals surface area contributed by atoms with Crippen molar-refractivity contribution in [2.24, 2.45) is 0 Å². The lowest BCUT2D eigenvalue weighted by molar-refractivity contribution is -0.119. The van der Waals surface area contributed by atoms with Crippen LogP contribution >= 0.6 is 0 Å². The number of rotatable bonds is 7. The van der Waals surface area contributed by atoms with Crippen LogP contribution in [0.15, 0.2) is 48.5 Å². The lowest BCUT2D eigenvalue weighted by Gasteiger charge is -2.23. The van der Waals surface area contributed by atoms with E-state index < -0.39 is 15.9 Å². The number of carbonyl (C=O) groups is 1. The third kappa shape index (κ3) is 5.56. The van der Waals surface area contributed by atoms with Crippen LogP contribution in [0.4, 0.5) is 10.1 Å². The summed E-state index contributed by atoms with van der Waals surface area (Å²) < 4.78 is 38.3. The van der Waals surface area contributed by atoms with Crippen LogP contribution in [0.5, 0.6) is 0 Å². The second-order valence-electron chi connectivity index (χ2n) is 5.79. The van der Waals surface area contributed by atoms with Gasteiger partial charge in [-0.15, -0.1) is 0 Å². The molecule has 0 spiro atoms. The number of sulfonamides is 1. The van der Waals surface area contributed by atoms with Gasteiger partial charge in [-0.1, -0.05) is 30.3 Å². The minimum Gasteiger partial charge on any atom is -0.354 e. The molecule has 0 bridgehead atoms. The molecule has 0 aliphatic carbocycles. The molecule has 0 aliphatic rings. The average molecular weight is 364 g/mol. The van der Waals surface area contributed by atoms with Crippen LogP contribution in [0.2, 0.25) is 0 Å². The van der Waals surface area contributed by atoms with E-state index in [0.29, 0.717) is 18.7 Å². The average Bonchev–Trinajstić information content (AvgIpc) is 2.52. The first-order valence-electron chi connectivity index (χ1n) is 7.82. The second-order valence-corrected chi connectivity index (χ2v) is 7.69. The SMILES string of the molecule is Cc1ccccc1N(CC(=O)NCCc1cccc(F)c1)S(C)(=O)=O. The first kappa shape index (κ1) is 18.9. The van der Waals surface area contributed by atoms with Crippen molar-refractivity contribution < 1.29 is 17.6 Å². The Morgan fingerprint density at radius 2 is 1.88 bits per heavy atom. The van der Waals surface area contributed by atoms with Gasteiger partial charge in [-0.05, 0) is 42.7 Å². The predicted octanol–water partition coefficient (Wildman–Crippen LogP) is 2.26. The molecule has 0 saturated heterocycles. The van der Waals surface area contributed by atoms with Gasteiger partial charge in [-0.25, -0.2) is 12.8 Å².